The molecular formula is C14H22O2. The van der Waals surface area contributed by atoms with Gasteiger partial charge in [0.2, 0.25) is 0 Å². The zero-order valence-electron chi connectivity index (χ0n) is 10.3. The van der Waals surface area contributed by atoms with Crippen LogP contribution < -0.4 is 0 Å². The summed E-state index contributed by atoms with van der Waals surface area (Å²) in [7, 11) is 0. The van der Waals surface area contributed by atoms with Crippen LogP contribution in [-0.4, -0.2) is 23.4 Å². The fourth-order valence-corrected chi connectivity index (χ4v) is 3.79. The number of epoxide rings is 1. The zero-order valence-corrected chi connectivity index (χ0v) is 10.3. The normalized spacial score (nSPS) is 50.2. The Morgan fingerprint density at radius 2 is 2.19 bits per heavy atom. The first kappa shape index (κ1) is 10.8. The predicted octanol–water partition coefficient (Wildman–Crippen LogP) is 2.52. The number of hydrogen-bond donors (Lipinski definition) is 1. The summed E-state index contributed by atoms with van der Waals surface area (Å²) < 4.78 is 5.54. The van der Waals surface area contributed by atoms with Crippen molar-refractivity contribution in [2.75, 3.05) is 0 Å². The van der Waals surface area contributed by atoms with Crippen molar-refractivity contribution in [3.8, 4) is 0 Å². The average Bonchev–Trinajstić information content (AvgIpc) is 2.97. The van der Waals surface area contributed by atoms with E-state index >= 15 is 0 Å². The molecule has 2 heteroatoms. The number of aliphatic hydroxyl groups is 1. The van der Waals surface area contributed by atoms with Crippen molar-refractivity contribution in [1.29, 1.82) is 0 Å². The Balaban J connectivity index is 1.79. The van der Waals surface area contributed by atoms with Gasteiger partial charge in [0.05, 0.1) is 12.2 Å². The Hall–Kier alpha value is -0.340. The molecule has 0 spiro atoms. The Morgan fingerprint density at radius 1 is 1.44 bits per heavy atom. The molecule has 3 aliphatic rings. The van der Waals surface area contributed by atoms with E-state index in [2.05, 4.69) is 20.4 Å². The third kappa shape index (κ3) is 1.54. The number of rotatable bonds is 0. The molecule has 1 aliphatic heterocycles. The van der Waals surface area contributed by atoms with Crippen molar-refractivity contribution in [2.45, 2.75) is 57.8 Å². The number of fused-ring (bicyclic) bond motifs is 2. The van der Waals surface area contributed by atoms with Gasteiger partial charge >= 0.3 is 0 Å². The summed E-state index contributed by atoms with van der Waals surface area (Å²) in [4.78, 5) is 0. The number of allylic oxidation sites excluding steroid dienone is 1. The maximum absolute atomic E-state index is 10.1. The van der Waals surface area contributed by atoms with Gasteiger partial charge in [-0.1, -0.05) is 26.0 Å². The minimum atomic E-state index is -0.247. The van der Waals surface area contributed by atoms with Crippen molar-refractivity contribution >= 4 is 0 Å². The van der Waals surface area contributed by atoms with Crippen LogP contribution in [0.5, 0.6) is 0 Å². The Kier molecular flexibility index (Phi) is 2.25. The van der Waals surface area contributed by atoms with Gasteiger partial charge in [-0.05, 0) is 42.9 Å². The highest BCUT2D eigenvalue weighted by Crippen LogP contribution is 2.57. The summed E-state index contributed by atoms with van der Waals surface area (Å²) in [6, 6.07) is 0. The first-order valence-electron chi connectivity index (χ1n) is 6.50. The topological polar surface area (TPSA) is 32.8 Å². The molecule has 0 aromatic rings. The van der Waals surface area contributed by atoms with Gasteiger partial charge in [0, 0.05) is 0 Å². The van der Waals surface area contributed by atoms with Crippen LogP contribution in [0.2, 0.25) is 0 Å². The first-order chi connectivity index (χ1) is 7.49. The van der Waals surface area contributed by atoms with Gasteiger partial charge in [-0.25, -0.2) is 0 Å². The van der Waals surface area contributed by atoms with Gasteiger partial charge in [-0.2, -0.15) is 0 Å². The van der Waals surface area contributed by atoms with E-state index < -0.39 is 0 Å². The first-order valence-corrected chi connectivity index (χ1v) is 6.50. The molecule has 1 saturated heterocycles. The minimum absolute atomic E-state index is 0.128. The van der Waals surface area contributed by atoms with Crippen LogP contribution in [0.1, 0.15) is 39.5 Å². The maximum atomic E-state index is 10.1. The lowest BCUT2D eigenvalue weighted by atomic mass is 9.52. The second-order valence-electron chi connectivity index (χ2n) is 6.54. The monoisotopic (exact) mass is 222 g/mol. The molecule has 3 fully saturated rings. The second-order valence-corrected chi connectivity index (χ2v) is 6.54. The van der Waals surface area contributed by atoms with Crippen LogP contribution in [0.4, 0.5) is 0 Å². The van der Waals surface area contributed by atoms with Gasteiger partial charge in [0.15, 0.2) is 0 Å². The highest BCUT2D eigenvalue weighted by Gasteiger charge is 2.53. The number of aliphatic hydroxyl groups excluding tert-OH is 1. The van der Waals surface area contributed by atoms with E-state index in [0.29, 0.717) is 23.4 Å². The second kappa shape index (κ2) is 3.33. The molecule has 0 unspecified atom stereocenters. The Bertz CT molecular complexity index is 321. The minimum Gasteiger partial charge on any atom is -0.390 e. The number of ether oxygens (including phenoxy) is 1. The highest BCUT2D eigenvalue weighted by molar-refractivity contribution is 5.15. The zero-order chi connectivity index (χ0) is 11.5. The van der Waals surface area contributed by atoms with Gasteiger partial charge in [0.1, 0.15) is 6.10 Å². The van der Waals surface area contributed by atoms with Crippen molar-refractivity contribution < 1.29 is 9.84 Å². The lowest BCUT2D eigenvalue weighted by Gasteiger charge is -2.53. The molecule has 0 aromatic heterocycles. The van der Waals surface area contributed by atoms with Crippen LogP contribution in [0, 0.1) is 17.3 Å². The van der Waals surface area contributed by atoms with Crippen LogP contribution in [0.25, 0.3) is 0 Å². The average molecular weight is 222 g/mol. The Morgan fingerprint density at radius 3 is 2.88 bits per heavy atom. The summed E-state index contributed by atoms with van der Waals surface area (Å²) in [5.41, 5.74) is 1.77. The molecule has 0 aromatic carbocycles. The third-order valence-corrected chi connectivity index (χ3v) is 5.01. The van der Waals surface area contributed by atoms with E-state index in [-0.39, 0.29) is 12.2 Å². The maximum Gasteiger partial charge on any atom is 0.110 e. The quantitative estimate of drug-likeness (QED) is 0.504. The lowest BCUT2D eigenvalue weighted by Crippen LogP contribution is -2.46. The van der Waals surface area contributed by atoms with Gasteiger partial charge in [-0.15, -0.1) is 0 Å². The molecule has 0 amide bonds. The predicted molar refractivity (Wildman–Crippen MR) is 63.0 cm³/mol. The molecule has 1 N–H and O–H groups in total. The summed E-state index contributed by atoms with van der Waals surface area (Å²) in [6.45, 7) is 8.88. The van der Waals surface area contributed by atoms with Crippen molar-refractivity contribution in [2.24, 2.45) is 17.3 Å². The van der Waals surface area contributed by atoms with Crippen LogP contribution in [-0.2, 0) is 4.74 Å². The molecular weight excluding hydrogens is 200 g/mol. The standard InChI is InChI=1S/C14H22O2/c1-8-4-5-12-13(16-12)11(15)6-10-9(8)7-14(10,2)3/h9-13,15H,1,4-7H2,2-3H3/t9-,10-,11-,12-,13-/m1/s1. The lowest BCUT2D eigenvalue weighted by molar-refractivity contribution is -0.0321. The molecule has 2 nitrogen and oxygen atoms in total. The van der Waals surface area contributed by atoms with E-state index in [4.69, 9.17) is 4.74 Å². The van der Waals surface area contributed by atoms with Crippen molar-refractivity contribution in [1.82, 2.24) is 0 Å². The molecule has 2 aliphatic carbocycles. The summed E-state index contributed by atoms with van der Waals surface area (Å²) in [5, 5.41) is 10.1. The van der Waals surface area contributed by atoms with Crippen molar-refractivity contribution in [3.63, 3.8) is 0 Å². The van der Waals surface area contributed by atoms with E-state index in [1.807, 2.05) is 0 Å². The van der Waals surface area contributed by atoms with E-state index in [9.17, 15) is 5.11 Å². The molecule has 1 heterocycles. The van der Waals surface area contributed by atoms with Gasteiger partial charge < -0.3 is 9.84 Å². The molecule has 3 rings (SSSR count). The summed E-state index contributed by atoms with van der Waals surface area (Å²) >= 11 is 0. The van der Waals surface area contributed by atoms with Crippen LogP contribution in [0.15, 0.2) is 12.2 Å². The van der Waals surface area contributed by atoms with E-state index in [1.54, 1.807) is 0 Å². The fraction of sp³-hybridized carbons (Fsp3) is 0.857. The SMILES string of the molecule is C=C1CC[C@H]2O[C@@H]2[C@H](O)C[C@@H]2[C@@H]1CC2(C)C. The Labute approximate surface area is 97.7 Å². The fourth-order valence-electron chi connectivity index (χ4n) is 3.79. The molecule has 0 radical (unpaired) electrons. The van der Waals surface area contributed by atoms with Gasteiger partial charge in [0.25, 0.3) is 0 Å². The molecule has 16 heavy (non-hydrogen) atoms. The van der Waals surface area contributed by atoms with Crippen LogP contribution >= 0.6 is 0 Å². The van der Waals surface area contributed by atoms with Crippen LogP contribution in [0.3, 0.4) is 0 Å². The molecule has 2 saturated carbocycles. The smallest absolute Gasteiger partial charge is 0.110 e. The molecule has 90 valence electrons. The van der Waals surface area contributed by atoms with E-state index in [0.717, 1.165) is 19.3 Å². The number of hydrogen-bond acceptors (Lipinski definition) is 2. The molecule has 5 atom stereocenters. The highest BCUT2D eigenvalue weighted by atomic mass is 16.6. The van der Waals surface area contributed by atoms with Crippen molar-refractivity contribution in [3.05, 3.63) is 12.2 Å². The molecule has 0 bridgehead atoms. The van der Waals surface area contributed by atoms with Gasteiger partial charge in [-0.3, -0.25) is 0 Å². The van der Waals surface area contributed by atoms with E-state index in [1.165, 1.54) is 12.0 Å². The third-order valence-electron chi connectivity index (χ3n) is 5.01. The summed E-state index contributed by atoms with van der Waals surface area (Å²) in [6.07, 6.45) is 4.49. The summed E-state index contributed by atoms with van der Waals surface area (Å²) in [5.74, 6) is 1.26. The largest absolute Gasteiger partial charge is 0.390 e.